The van der Waals surface area contributed by atoms with Crippen molar-refractivity contribution >= 4 is 44.1 Å². The number of rotatable bonds is 5. The van der Waals surface area contributed by atoms with E-state index in [9.17, 15) is 14.4 Å². The van der Waals surface area contributed by atoms with Gasteiger partial charge in [0.15, 0.2) is 0 Å². The summed E-state index contributed by atoms with van der Waals surface area (Å²) >= 11 is 4.52. The quantitative estimate of drug-likeness (QED) is 0.649. The van der Waals surface area contributed by atoms with Gasteiger partial charge in [0.2, 0.25) is 5.91 Å². The van der Waals surface area contributed by atoms with Gasteiger partial charge in [0.1, 0.15) is 11.5 Å². The fourth-order valence-corrected chi connectivity index (χ4v) is 3.82. The number of primary amides is 1. The van der Waals surface area contributed by atoms with Crippen LogP contribution in [0.1, 0.15) is 10.4 Å². The average molecular weight is 432 g/mol. The Morgan fingerprint density at radius 3 is 2.58 bits per heavy atom. The normalized spacial score (nSPS) is 10.5. The molecular weight excluding hydrogens is 418 g/mol. The summed E-state index contributed by atoms with van der Waals surface area (Å²) in [5.74, 6) is -1.05. The first kappa shape index (κ1) is 18.1. The summed E-state index contributed by atoms with van der Waals surface area (Å²) in [6.07, 6.45) is 1.53. The van der Waals surface area contributed by atoms with E-state index in [4.69, 9.17) is 5.73 Å². The van der Waals surface area contributed by atoms with E-state index in [1.807, 2.05) is 30.3 Å². The number of thiophene rings is 1. The fourth-order valence-electron chi connectivity index (χ4n) is 2.36. The molecule has 0 unspecified atom stereocenters. The molecule has 6 nitrogen and oxygen atoms in total. The van der Waals surface area contributed by atoms with Crippen LogP contribution in [-0.4, -0.2) is 16.4 Å². The average Bonchev–Trinajstić information content (AvgIpc) is 3.03. The second-order valence-corrected chi connectivity index (χ2v) is 7.41. The van der Waals surface area contributed by atoms with Crippen LogP contribution in [0.25, 0.3) is 10.4 Å². The van der Waals surface area contributed by atoms with Crippen molar-refractivity contribution in [2.24, 2.45) is 5.73 Å². The number of halogens is 1. The van der Waals surface area contributed by atoms with Crippen LogP contribution in [0.3, 0.4) is 0 Å². The lowest BCUT2D eigenvalue weighted by Gasteiger charge is -2.07. The Hall–Kier alpha value is -2.71. The summed E-state index contributed by atoms with van der Waals surface area (Å²) in [5, 5.41) is 3.05. The minimum Gasteiger partial charge on any atom is -0.366 e. The molecule has 0 fully saturated rings. The lowest BCUT2D eigenvalue weighted by Crippen LogP contribution is -2.27. The van der Waals surface area contributed by atoms with Crippen LogP contribution in [-0.2, 0) is 11.3 Å². The Morgan fingerprint density at radius 2 is 1.88 bits per heavy atom. The topological polar surface area (TPSA) is 94.2 Å². The third kappa shape index (κ3) is 4.09. The number of carbonyl (C=O) groups excluding carboxylic acids is 2. The number of anilines is 1. The molecule has 0 saturated carbocycles. The number of amides is 2. The Balaban J connectivity index is 1.85. The van der Waals surface area contributed by atoms with E-state index in [1.165, 1.54) is 28.2 Å². The van der Waals surface area contributed by atoms with E-state index in [0.717, 1.165) is 10.4 Å². The second-order valence-electron chi connectivity index (χ2n) is 5.45. The number of hydrogen-bond donors (Lipinski definition) is 2. The van der Waals surface area contributed by atoms with Crippen molar-refractivity contribution < 1.29 is 9.59 Å². The number of nitrogens with two attached hydrogens (primary N) is 1. The molecule has 0 spiro atoms. The Kier molecular flexibility index (Phi) is 5.34. The van der Waals surface area contributed by atoms with Gasteiger partial charge in [-0.1, -0.05) is 30.3 Å². The molecule has 0 aliphatic rings. The van der Waals surface area contributed by atoms with E-state index in [2.05, 4.69) is 21.2 Å². The number of benzene rings is 1. The molecule has 0 bridgehead atoms. The first-order valence-corrected chi connectivity index (χ1v) is 9.20. The zero-order valence-electron chi connectivity index (χ0n) is 13.4. The summed E-state index contributed by atoms with van der Waals surface area (Å²) in [5.41, 5.74) is 6.30. The van der Waals surface area contributed by atoms with Crippen molar-refractivity contribution in [1.29, 1.82) is 0 Å². The third-order valence-corrected chi connectivity index (χ3v) is 5.14. The van der Waals surface area contributed by atoms with Gasteiger partial charge in [0.05, 0.1) is 5.56 Å². The molecule has 26 heavy (non-hydrogen) atoms. The second kappa shape index (κ2) is 7.67. The minimum atomic E-state index is -0.627. The third-order valence-electron chi connectivity index (χ3n) is 3.57. The minimum absolute atomic E-state index is 0.172. The van der Waals surface area contributed by atoms with Gasteiger partial charge in [-0.25, -0.2) is 0 Å². The number of pyridine rings is 1. The summed E-state index contributed by atoms with van der Waals surface area (Å²) in [7, 11) is 0. The molecule has 1 aromatic carbocycles. The van der Waals surface area contributed by atoms with E-state index in [0.29, 0.717) is 9.47 Å². The molecule has 0 saturated heterocycles. The highest BCUT2D eigenvalue weighted by molar-refractivity contribution is 9.10. The number of carbonyl (C=O) groups is 2. The monoisotopic (exact) mass is 431 g/mol. The van der Waals surface area contributed by atoms with Crippen molar-refractivity contribution in [3.63, 3.8) is 0 Å². The molecule has 2 heterocycles. The standard InChI is InChI=1S/C18H14BrN3O3S/c19-12-6-7-16(24)22(9-12)10-15(23)21-18-13(17(20)25)8-14(26-18)11-4-2-1-3-5-11/h1-9H,10H2,(H2,20,25)(H,21,23). The van der Waals surface area contributed by atoms with Gasteiger partial charge in [-0.05, 0) is 33.6 Å². The summed E-state index contributed by atoms with van der Waals surface area (Å²) in [4.78, 5) is 36.7. The highest BCUT2D eigenvalue weighted by Crippen LogP contribution is 2.35. The number of nitrogens with one attached hydrogen (secondary N) is 1. The number of nitrogens with zero attached hydrogens (tertiary/aromatic N) is 1. The van der Waals surface area contributed by atoms with Crippen molar-refractivity contribution in [1.82, 2.24) is 4.57 Å². The number of hydrogen-bond acceptors (Lipinski definition) is 4. The maximum absolute atomic E-state index is 12.3. The zero-order chi connectivity index (χ0) is 18.7. The van der Waals surface area contributed by atoms with E-state index >= 15 is 0 Å². The molecule has 8 heteroatoms. The van der Waals surface area contributed by atoms with Crippen molar-refractivity contribution in [3.8, 4) is 10.4 Å². The molecule has 132 valence electrons. The van der Waals surface area contributed by atoms with Gasteiger partial charge >= 0.3 is 0 Å². The van der Waals surface area contributed by atoms with Gasteiger partial charge in [0, 0.05) is 21.6 Å². The molecule has 0 radical (unpaired) electrons. The van der Waals surface area contributed by atoms with Crippen LogP contribution in [0, 0.1) is 0 Å². The molecule has 2 amide bonds. The molecule has 0 aliphatic carbocycles. The molecule has 3 aromatic rings. The molecule has 0 atom stereocenters. The van der Waals surface area contributed by atoms with E-state index < -0.39 is 11.8 Å². The molecular formula is C18H14BrN3O3S. The van der Waals surface area contributed by atoms with Crippen molar-refractivity contribution in [2.45, 2.75) is 6.54 Å². The first-order valence-electron chi connectivity index (χ1n) is 7.59. The molecule has 0 aliphatic heterocycles. The van der Waals surface area contributed by atoms with E-state index in [-0.39, 0.29) is 17.7 Å². The maximum atomic E-state index is 12.3. The van der Waals surface area contributed by atoms with Crippen LogP contribution in [0.5, 0.6) is 0 Å². The molecule has 3 rings (SSSR count). The van der Waals surface area contributed by atoms with Gasteiger partial charge < -0.3 is 15.6 Å². The largest absolute Gasteiger partial charge is 0.366 e. The summed E-state index contributed by atoms with van der Waals surface area (Å²) in [6.45, 7) is -0.172. The summed E-state index contributed by atoms with van der Waals surface area (Å²) in [6, 6.07) is 14.1. The van der Waals surface area contributed by atoms with Crippen LogP contribution < -0.4 is 16.6 Å². The smallest absolute Gasteiger partial charge is 0.251 e. The van der Waals surface area contributed by atoms with E-state index in [1.54, 1.807) is 12.1 Å². The molecule has 2 aromatic heterocycles. The maximum Gasteiger partial charge on any atom is 0.251 e. The highest BCUT2D eigenvalue weighted by atomic mass is 79.9. The fraction of sp³-hybridized carbons (Fsp3) is 0.0556. The lowest BCUT2D eigenvalue weighted by molar-refractivity contribution is -0.116. The van der Waals surface area contributed by atoms with Crippen molar-refractivity contribution in [2.75, 3.05) is 5.32 Å². The van der Waals surface area contributed by atoms with Crippen molar-refractivity contribution in [3.05, 3.63) is 75.1 Å². The predicted molar refractivity (Wildman–Crippen MR) is 105 cm³/mol. The van der Waals surface area contributed by atoms with Gasteiger partial charge in [0.25, 0.3) is 11.5 Å². The molecule has 3 N–H and O–H groups in total. The number of aromatic nitrogens is 1. The Bertz CT molecular complexity index is 1030. The van der Waals surface area contributed by atoms with Gasteiger partial charge in [-0.15, -0.1) is 11.3 Å². The lowest BCUT2D eigenvalue weighted by atomic mass is 10.1. The zero-order valence-corrected chi connectivity index (χ0v) is 15.8. The van der Waals surface area contributed by atoms with Crippen LogP contribution >= 0.6 is 27.3 Å². The predicted octanol–water partition coefficient (Wildman–Crippen LogP) is 3.08. The summed E-state index contributed by atoms with van der Waals surface area (Å²) < 4.78 is 1.96. The van der Waals surface area contributed by atoms with Crippen LogP contribution in [0.2, 0.25) is 0 Å². The highest BCUT2D eigenvalue weighted by Gasteiger charge is 2.17. The Labute approximate surface area is 161 Å². The SMILES string of the molecule is NC(=O)c1cc(-c2ccccc2)sc1NC(=O)Cn1cc(Br)ccc1=O. The Morgan fingerprint density at radius 1 is 1.15 bits per heavy atom. The van der Waals surface area contributed by atoms with Gasteiger partial charge in [-0.2, -0.15) is 0 Å². The first-order chi connectivity index (χ1) is 12.4. The van der Waals surface area contributed by atoms with Crippen LogP contribution in [0.15, 0.2) is 64.0 Å². The van der Waals surface area contributed by atoms with Crippen LogP contribution in [0.4, 0.5) is 5.00 Å². The van der Waals surface area contributed by atoms with Gasteiger partial charge in [-0.3, -0.25) is 14.4 Å².